The number of hydrogen-bond acceptors (Lipinski definition) is 3. The number of anilines is 2. The fraction of sp³-hybridized carbons (Fsp3) is 0.188. The SMILES string of the molecule is NCc1cccc(CNc2ccc3c(c2)CC(=O)N3)c1. The van der Waals surface area contributed by atoms with Crippen molar-refractivity contribution in [3.63, 3.8) is 0 Å². The number of nitrogens with two attached hydrogens (primary N) is 1. The van der Waals surface area contributed by atoms with E-state index in [1.54, 1.807) is 0 Å². The van der Waals surface area contributed by atoms with E-state index in [0.29, 0.717) is 13.0 Å². The minimum Gasteiger partial charge on any atom is -0.381 e. The molecule has 1 heterocycles. The van der Waals surface area contributed by atoms with Gasteiger partial charge in [0.25, 0.3) is 0 Å². The average Bonchev–Trinajstić information content (AvgIpc) is 2.84. The maximum atomic E-state index is 11.3. The van der Waals surface area contributed by atoms with Gasteiger partial charge in [0.1, 0.15) is 0 Å². The molecule has 4 nitrogen and oxygen atoms in total. The molecule has 0 bridgehead atoms. The Morgan fingerprint density at radius 2 is 2.00 bits per heavy atom. The highest BCUT2D eigenvalue weighted by Crippen LogP contribution is 2.26. The molecule has 0 radical (unpaired) electrons. The first kappa shape index (κ1) is 12.7. The van der Waals surface area contributed by atoms with Crippen LogP contribution in [0, 0.1) is 0 Å². The molecule has 0 aromatic heterocycles. The maximum Gasteiger partial charge on any atom is 0.228 e. The predicted octanol–water partition coefficient (Wildman–Crippen LogP) is 2.25. The van der Waals surface area contributed by atoms with Crippen LogP contribution in [0.15, 0.2) is 42.5 Å². The minimum atomic E-state index is 0.0628. The molecular weight excluding hydrogens is 250 g/mol. The molecular formula is C16H17N3O. The molecule has 0 fully saturated rings. The van der Waals surface area contributed by atoms with Crippen molar-refractivity contribution in [2.75, 3.05) is 10.6 Å². The molecule has 4 heteroatoms. The van der Waals surface area contributed by atoms with Gasteiger partial charge in [0.15, 0.2) is 0 Å². The lowest BCUT2D eigenvalue weighted by atomic mass is 10.1. The van der Waals surface area contributed by atoms with Gasteiger partial charge in [0.2, 0.25) is 5.91 Å². The van der Waals surface area contributed by atoms with E-state index < -0.39 is 0 Å². The van der Waals surface area contributed by atoms with Crippen molar-refractivity contribution in [2.45, 2.75) is 19.5 Å². The minimum absolute atomic E-state index is 0.0628. The molecule has 0 aliphatic carbocycles. The summed E-state index contributed by atoms with van der Waals surface area (Å²) in [6.45, 7) is 1.30. The maximum absolute atomic E-state index is 11.3. The largest absolute Gasteiger partial charge is 0.381 e. The Kier molecular flexibility index (Phi) is 3.39. The molecule has 1 aliphatic heterocycles. The van der Waals surface area contributed by atoms with Crippen molar-refractivity contribution in [1.82, 2.24) is 0 Å². The summed E-state index contributed by atoms with van der Waals surface area (Å²) in [6.07, 6.45) is 0.466. The van der Waals surface area contributed by atoms with Gasteiger partial charge >= 0.3 is 0 Å². The van der Waals surface area contributed by atoms with E-state index in [-0.39, 0.29) is 5.91 Å². The van der Waals surface area contributed by atoms with E-state index in [1.165, 1.54) is 5.56 Å². The summed E-state index contributed by atoms with van der Waals surface area (Å²) in [7, 11) is 0. The molecule has 0 atom stereocenters. The lowest BCUT2D eigenvalue weighted by Crippen LogP contribution is -2.03. The monoisotopic (exact) mass is 267 g/mol. The number of rotatable bonds is 4. The zero-order valence-corrected chi connectivity index (χ0v) is 11.1. The molecule has 2 aromatic carbocycles. The second-order valence-electron chi connectivity index (χ2n) is 4.97. The van der Waals surface area contributed by atoms with Crippen LogP contribution in [0.4, 0.5) is 11.4 Å². The Balaban J connectivity index is 1.69. The van der Waals surface area contributed by atoms with Gasteiger partial charge in [-0.25, -0.2) is 0 Å². The molecule has 2 aromatic rings. The summed E-state index contributed by atoms with van der Waals surface area (Å²) in [6, 6.07) is 14.2. The number of hydrogen-bond donors (Lipinski definition) is 3. The van der Waals surface area contributed by atoms with Gasteiger partial charge in [0.05, 0.1) is 6.42 Å². The second-order valence-corrected chi connectivity index (χ2v) is 4.97. The van der Waals surface area contributed by atoms with Crippen LogP contribution < -0.4 is 16.4 Å². The second kappa shape index (κ2) is 5.35. The molecule has 4 N–H and O–H groups in total. The molecule has 0 unspecified atom stereocenters. The summed E-state index contributed by atoms with van der Waals surface area (Å²) in [4.78, 5) is 11.3. The fourth-order valence-corrected chi connectivity index (χ4v) is 2.41. The average molecular weight is 267 g/mol. The number of fused-ring (bicyclic) bond motifs is 1. The lowest BCUT2D eigenvalue weighted by molar-refractivity contribution is -0.115. The highest BCUT2D eigenvalue weighted by atomic mass is 16.1. The van der Waals surface area contributed by atoms with Gasteiger partial charge in [-0.3, -0.25) is 4.79 Å². The third-order valence-electron chi connectivity index (χ3n) is 3.45. The number of carbonyl (C=O) groups is 1. The van der Waals surface area contributed by atoms with Gasteiger partial charge in [0, 0.05) is 24.5 Å². The van der Waals surface area contributed by atoms with Crippen LogP contribution in [0.3, 0.4) is 0 Å². The quantitative estimate of drug-likeness (QED) is 0.796. The van der Waals surface area contributed by atoms with Crippen LogP contribution >= 0.6 is 0 Å². The first-order valence-corrected chi connectivity index (χ1v) is 6.69. The number of benzene rings is 2. The van der Waals surface area contributed by atoms with E-state index in [1.807, 2.05) is 30.3 Å². The van der Waals surface area contributed by atoms with Gasteiger partial charge in [-0.05, 0) is 34.9 Å². The smallest absolute Gasteiger partial charge is 0.228 e. The molecule has 0 spiro atoms. The van der Waals surface area contributed by atoms with E-state index in [9.17, 15) is 4.79 Å². The van der Waals surface area contributed by atoms with Gasteiger partial charge < -0.3 is 16.4 Å². The van der Waals surface area contributed by atoms with Crippen molar-refractivity contribution in [2.24, 2.45) is 5.73 Å². The predicted molar refractivity (Wildman–Crippen MR) is 80.4 cm³/mol. The lowest BCUT2D eigenvalue weighted by Gasteiger charge is -2.09. The van der Waals surface area contributed by atoms with Crippen LogP contribution in [-0.2, 0) is 24.3 Å². The van der Waals surface area contributed by atoms with Crippen LogP contribution in [0.2, 0.25) is 0 Å². The van der Waals surface area contributed by atoms with Crippen molar-refractivity contribution >= 4 is 17.3 Å². The van der Waals surface area contributed by atoms with Gasteiger partial charge in [-0.2, -0.15) is 0 Å². The Morgan fingerprint density at radius 3 is 2.85 bits per heavy atom. The Morgan fingerprint density at radius 1 is 1.15 bits per heavy atom. The summed E-state index contributed by atoms with van der Waals surface area (Å²) in [5.74, 6) is 0.0628. The third kappa shape index (κ3) is 2.65. The number of carbonyl (C=O) groups excluding carboxylic acids is 1. The Labute approximate surface area is 118 Å². The topological polar surface area (TPSA) is 67.1 Å². The molecule has 3 rings (SSSR count). The first-order valence-electron chi connectivity index (χ1n) is 6.69. The zero-order chi connectivity index (χ0) is 13.9. The molecule has 0 saturated carbocycles. The Bertz CT molecular complexity index is 652. The van der Waals surface area contributed by atoms with Crippen LogP contribution in [0.5, 0.6) is 0 Å². The van der Waals surface area contributed by atoms with Gasteiger partial charge in [-0.1, -0.05) is 24.3 Å². The summed E-state index contributed by atoms with van der Waals surface area (Å²) in [5, 5.41) is 6.21. The van der Waals surface area contributed by atoms with E-state index in [0.717, 1.165) is 29.0 Å². The molecule has 20 heavy (non-hydrogen) atoms. The Hall–Kier alpha value is -2.33. The van der Waals surface area contributed by atoms with Crippen molar-refractivity contribution < 1.29 is 4.79 Å². The molecule has 102 valence electrons. The van der Waals surface area contributed by atoms with E-state index in [2.05, 4.69) is 22.8 Å². The van der Waals surface area contributed by atoms with Gasteiger partial charge in [-0.15, -0.1) is 0 Å². The fourth-order valence-electron chi connectivity index (χ4n) is 2.41. The van der Waals surface area contributed by atoms with Crippen molar-refractivity contribution in [1.29, 1.82) is 0 Å². The highest BCUT2D eigenvalue weighted by molar-refractivity contribution is 5.99. The third-order valence-corrected chi connectivity index (χ3v) is 3.45. The molecule has 1 amide bonds. The standard InChI is InChI=1S/C16H17N3O/c17-9-11-2-1-3-12(6-11)10-18-14-4-5-15-13(7-14)8-16(20)19-15/h1-7,18H,8-10,17H2,(H,19,20). The van der Waals surface area contributed by atoms with Crippen LogP contribution in [0.25, 0.3) is 0 Å². The van der Waals surface area contributed by atoms with Crippen LogP contribution in [0.1, 0.15) is 16.7 Å². The van der Waals surface area contributed by atoms with Crippen LogP contribution in [-0.4, -0.2) is 5.91 Å². The summed E-state index contributed by atoms with van der Waals surface area (Å²) >= 11 is 0. The van der Waals surface area contributed by atoms with E-state index in [4.69, 9.17) is 5.73 Å². The summed E-state index contributed by atoms with van der Waals surface area (Å²) in [5.41, 5.74) is 11.0. The number of nitrogens with one attached hydrogen (secondary N) is 2. The number of amides is 1. The van der Waals surface area contributed by atoms with Crippen molar-refractivity contribution in [3.8, 4) is 0 Å². The molecule has 0 saturated heterocycles. The first-order chi connectivity index (χ1) is 9.74. The summed E-state index contributed by atoms with van der Waals surface area (Å²) < 4.78 is 0. The normalized spacial score (nSPS) is 12.9. The van der Waals surface area contributed by atoms with E-state index >= 15 is 0 Å². The highest BCUT2D eigenvalue weighted by Gasteiger charge is 2.17. The van der Waals surface area contributed by atoms with Crippen molar-refractivity contribution in [3.05, 3.63) is 59.2 Å². The zero-order valence-electron chi connectivity index (χ0n) is 11.1. The molecule has 1 aliphatic rings.